The summed E-state index contributed by atoms with van der Waals surface area (Å²) in [5.74, 6) is 2.34. The zero-order valence-corrected chi connectivity index (χ0v) is 19.4. The van der Waals surface area contributed by atoms with Crippen molar-refractivity contribution in [1.82, 2.24) is 14.8 Å². The molecular formula is C29H27N3O2. The molecule has 0 amide bonds. The first-order chi connectivity index (χ1) is 16.7. The summed E-state index contributed by atoms with van der Waals surface area (Å²) in [7, 11) is 0. The first-order valence-electron chi connectivity index (χ1n) is 11.5. The summed E-state index contributed by atoms with van der Waals surface area (Å²) in [6, 6.07) is 28.5. The predicted octanol–water partition coefficient (Wildman–Crippen LogP) is 6.36. The van der Waals surface area contributed by atoms with Gasteiger partial charge in [0.05, 0.1) is 29.9 Å². The van der Waals surface area contributed by atoms with E-state index in [-0.39, 0.29) is 0 Å². The van der Waals surface area contributed by atoms with Gasteiger partial charge in [0, 0.05) is 18.4 Å². The minimum Gasteiger partial charge on any atom is -0.493 e. The normalized spacial score (nSPS) is 11.0. The number of para-hydroxylation sites is 1. The number of aromatic nitrogens is 3. The maximum atomic E-state index is 6.08. The maximum Gasteiger partial charge on any atom is 0.226 e. The molecule has 0 unspecified atom stereocenters. The largest absolute Gasteiger partial charge is 0.493 e. The summed E-state index contributed by atoms with van der Waals surface area (Å²) >= 11 is 0. The molecular weight excluding hydrogens is 422 g/mol. The van der Waals surface area contributed by atoms with Gasteiger partial charge in [0.1, 0.15) is 11.5 Å². The van der Waals surface area contributed by atoms with Crippen LogP contribution in [0.25, 0.3) is 17.1 Å². The van der Waals surface area contributed by atoms with Crippen LogP contribution in [-0.4, -0.2) is 21.4 Å². The van der Waals surface area contributed by atoms with Gasteiger partial charge in [-0.15, -0.1) is 0 Å². The molecule has 5 rings (SSSR count). The van der Waals surface area contributed by atoms with Gasteiger partial charge >= 0.3 is 0 Å². The van der Waals surface area contributed by atoms with Gasteiger partial charge in [0.15, 0.2) is 0 Å². The zero-order valence-electron chi connectivity index (χ0n) is 19.4. The van der Waals surface area contributed by atoms with E-state index in [1.807, 2.05) is 78.5 Å². The quantitative estimate of drug-likeness (QED) is 0.277. The standard InChI is InChI=1S/C29H27N3O2/c1-21-20-30-32(25-13-7-4-8-14-25)28(21)19-23-10-9-15-26(18-23)33-17-16-27-22(2)34-29(31-27)24-11-5-3-6-12-24/h3-15,18,20H,16-17,19H2,1-2H3. The molecule has 0 radical (unpaired) electrons. The first kappa shape index (κ1) is 21.7. The van der Waals surface area contributed by atoms with E-state index in [4.69, 9.17) is 9.15 Å². The molecule has 0 aliphatic heterocycles. The number of aryl methyl sites for hydroxylation is 2. The third kappa shape index (κ3) is 4.79. The Morgan fingerprint density at radius 1 is 0.882 bits per heavy atom. The van der Waals surface area contributed by atoms with Crippen molar-refractivity contribution in [3.8, 4) is 22.9 Å². The Balaban J connectivity index is 1.25. The van der Waals surface area contributed by atoms with Gasteiger partial charge in [0.25, 0.3) is 0 Å². The fraction of sp³-hybridized carbons (Fsp3) is 0.172. The van der Waals surface area contributed by atoms with Crippen LogP contribution in [0.1, 0.15) is 28.3 Å². The lowest BCUT2D eigenvalue weighted by Crippen LogP contribution is -2.05. The molecule has 0 saturated heterocycles. The zero-order chi connectivity index (χ0) is 23.3. The minimum atomic E-state index is 0.534. The number of benzene rings is 3. The predicted molar refractivity (Wildman–Crippen MR) is 133 cm³/mol. The smallest absolute Gasteiger partial charge is 0.226 e. The van der Waals surface area contributed by atoms with Crippen molar-refractivity contribution in [2.75, 3.05) is 6.61 Å². The summed E-state index contributed by atoms with van der Waals surface area (Å²) in [5, 5.41) is 4.59. The van der Waals surface area contributed by atoms with Crippen LogP contribution in [0.2, 0.25) is 0 Å². The summed E-state index contributed by atoms with van der Waals surface area (Å²) in [6.45, 7) is 4.59. The van der Waals surface area contributed by atoms with Gasteiger partial charge in [0.2, 0.25) is 5.89 Å². The van der Waals surface area contributed by atoms with Crippen molar-refractivity contribution in [1.29, 1.82) is 0 Å². The van der Waals surface area contributed by atoms with Gasteiger partial charge < -0.3 is 9.15 Å². The molecule has 0 N–H and O–H groups in total. The van der Waals surface area contributed by atoms with Crippen LogP contribution in [0.4, 0.5) is 0 Å². The Labute approximate surface area is 199 Å². The van der Waals surface area contributed by atoms with Crippen molar-refractivity contribution in [2.45, 2.75) is 26.7 Å². The second kappa shape index (κ2) is 9.79. The molecule has 0 fully saturated rings. The van der Waals surface area contributed by atoms with E-state index in [0.717, 1.165) is 34.9 Å². The molecule has 3 aromatic carbocycles. The number of nitrogens with zero attached hydrogens (tertiary/aromatic N) is 3. The van der Waals surface area contributed by atoms with Crippen LogP contribution in [0.5, 0.6) is 5.75 Å². The Bertz CT molecular complexity index is 1370. The lowest BCUT2D eigenvalue weighted by atomic mass is 10.1. The van der Waals surface area contributed by atoms with E-state index in [0.29, 0.717) is 18.9 Å². The van der Waals surface area contributed by atoms with Gasteiger partial charge in [-0.1, -0.05) is 48.5 Å². The first-order valence-corrected chi connectivity index (χ1v) is 11.5. The van der Waals surface area contributed by atoms with Crippen molar-refractivity contribution in [2.24, 2.45) is 0 Å². The average Bonchev–Trinajstić information content (AvgIpc) is 3.43. The third-order valence-electron chi connectivity index (χ3n) is 5.87. The van der Waals surface area contributed by atoms with Crippen molar-refractivity contribution in [3.05, 3.63) is 119 Å². The monoisotopic (exact) mass is 449 g/mol. The highest BCUT2D eigenvalue weighted by atomic mass is 16.5. The van der Waals surface area contributed by atoms with E-state index in [1.54, 1.807) is 0 Å². The molecule has 2 heterocycles. The van der Waals surface area contributed by atoms with Gasteiger partial charge in [-0.05, 0) is 61.4 Å². The molecule has 0 aliphatic rings. The second-order valence-corrected chi connectivity index (χ2v) is 8.33. The van der Waals surface area contributed by atoms with Crippen LogP contribution >= 0.6 is 0 Å². The molecule has 170 valence electrons. The average molecular weight is 450 g/mol. The molecule has 34 heavy (non-hydrogen) atoms. The second-order valence-electron chi connectivity index (χ2n) is 8.33. The van der Waals surface area contributed by atoms with Crippen LogP contribution in [-0.2, 0) is 12.8 Å². The van der Waals surface area contributed by atoms with Gasteiger partial charge in [-0.25, -0.2) is 9.67 Å². The SMILES string of the molecule is Cc1cnn(-c2ccccc2)c1Cc1cccc(OCCc2nc(-c3ccccc3)oc2C)c1. The van der Waals surface area contributed by atoms with Crippen molar-refractivity contribution < 1.29 is 9.15 Å². The van der Waals surface area contributed by atoms with E-state index in [1.165, 1.54) is 16.8 Å². The minimum absolute atomic E-state index is 0.534. The Kier molecular flexibility index (Phi) is 6.25. The summed E-state index contributed by atoms with van der Waals surface area (Å²) < 4.78 is 14.0. The fourth-order valence-corrected chi connectivity index (χ4v) is 4.03. The van der Waals surface area contributed by atoms with Crippen molar-refractivity contribution >= 4 is 0 Å². The maximum absolute atomic E-state index is 6.08. The number of rotatable bonds is 8. The number of ether oxygens (including phenoxy) is 1. The highest BCUT2D eigenvalue weighted by Gasteiger charge is 2.13. The number of oxazole rings is 1. The van der Waals surface area contributed by atoms with E-state index >= 15 is 0 Å². The highest BCUT2D eigenvalue weighted by Crippen LogP contribution is 2.23. The number of hydrogen-bond donors (Lipinski definition) is 0. The molecule has 0 spiro atoms. The molecule has 5 aromatic rings. The third-order valence-corrected chi connectivity index (χ3v) is 5.87. The molecule has 0 bridgehead atoms. The topological polar surface area (TPSA) is 53.1 Å². The van der Waals surface area contributed by atoms with Crippen LogP contribution < -0.4 is 4.74 Å². The van der Waals surface area contributed by atoms with Crippen LogP contribution in [0.3, 0.4) is 0 Å². The lowest BCUT2D eigenvalue weighted by Gasteiger charge is -2.11. The number of hydrogen-bond acceptors (Lipinski definition) is 4. The molecule has 0 saturated carbocycles. The molecule has 2 aromatic heterocycles. The summed E-state index contributed by atoms with van der Waals surface area (Å²) in [6.07, 6.45) is 3.39. The molecule has 0 atom stereocenters. The summed E-state index contributed by atoms with van der Waals surface area (Å²) in [4.78, 5) is 4.67. The highest BCUT2D eigenvalue weighted by molar-refractivity contribution is 5.53. The van der Waals surface area contributed by atoms with Gasteiger partial charge in [-0.3, -0.25) is 0 Å². The van der Waals surface area contributed by atoms with E-state index < -0.39 is 0 Å². The van der Waals surface area contributed by atoms with Crippen molar-refractivity contribution in [3.63, 3.8) is 0 Å². The Hall–Kier alpha value is -4.12. The lowest BCUT2D eigenvalue weighted by molar-refractivity contribution is 0.319. The fourth-order valence-electron chi connectivity index (χ4n) is 4.03. The molecule has 5 heteroatoms. The molecule has 5 nitrogen and oxygen atoms in total. The molecule has 0 aliphatic carbocycles. The van der Waals surface area contributed by atoms with E-state index in [2.05, 4.69) is 41.3 Å². The Morgan fingerprint density at radius 2 is 1.65 bits per heavy atom. The Morgan fingerprint density at radius 3 is 2.44 bits per heavy atom. The van der Waals surface area contributed by atoms with Gasteiger partial charge in [-0.2, -0.15) is 5.10 Å². The van der Waals surface area contributed by atoms with Crippen LogP contribution in [0.15, 0.2) is 95.5 Å². The van der Waals surface area contributed by atoms with Crippen LogP contribution in [0, 0.1) is 13.8 Å². The summed E-state index contributed by atoms with van der Waals surface area (Å²) in [5.41, 5.74) is 6.51. The van der Waals surface area contributed by atoms with E-state index in [9.17, 15) is 0 Å².